The lowest BCUT2D eigenvalue weighted by molar-refractivity contribution is 0.0698. The van der Waals surface area contributed by atoms with Gasteiger partial charge in [-0.25, -0.2) is 9.78 Å². The van der Waals surface area contributed by atoms with Crippen LogP contribution in [0.25, 0.3) is 11.5 Å². The Bertz CT molecular complexity index is 664. The van der Waals surface area contributed by atoms with Gasteiger partial charge in [0, 0.05) is 6.54 Å². The minimum atomic E-state index is -1.11. The molecule has 116 valence electrons. The summed E-state index contributed by atoms with van der Waals surface area (Å²) in [4.78, 5) is 19.7. The molecule has 0 spiro atoms. The number of hydrogen-bond donors (Lipinski definition) is 3. The predicted molar refractivity (Wildman–Crippen MR) is 81.6 cm³/mol. The molecule has 3 rings (SSSR count). The van der Waals surface area contributed by atoms with Gasteiger partial charge in [-0.3, -0.25) is 0 Å². The molecule has 7 nitrogen and oxygen atoms in total. The zero-order valence-corrected chi connectivity index (χ0v) is 12.1. The fraction of sp³-hybridized carbons (Fsp3) is 0.400. The summed E-state index contributed by atoms with van der Waals surface area (Å²) >= 11 is 0. The third-order valence-electron chi connectivity index (χ3n) is 3.93. The first kappa shape index (κ1) is 14.4. The third-order valence-corrected chi connectivity index (χ3v) is 3.93. The molecule has 2 aromatic rings. The van der Waals surface area contributed by atoms with E-state index in [0.29, 0.717) is 18.2 Å². The van der Waals surface area contributed by atoms with Crippen molar-refractivity contribution < 1.29 is 14.3 Å². The van der Waals surface area contributed by atoms with Crippen molar-refractivity contribution in [2.45, 2.75) is 25.7 Å². The first-order chi connectivity index (χ1) is 10.6. The van der Waals surface area contributed by atoms with E-state index in [9.17, 15) is 9.90 Å². The molecule has 0 radical (unpaired) electrons. The van der Waals surface area contributed by atoms with Gasteiger partial charge in [0.25, 0.3) is 0 Å². The highest BCUT2D eigenvalue weighted by Gasteiger charge is 2.24. The third kappa shape index (κ3) is 2.88. The van der Waals surface area contributed by atoms with Crippen LogP contribution in [0, 0.1) is 5.92 Å². The molecule has 4 N–H and O–H groups in total. The van der Waals surface area contributed by atoms with Crippen LogP contribution in [-0.4, -0.2) is 27.6 Å². The Morgan fingerprint density at radius 1 is 1.41 bits per heavy atom. The number of nitrogens with zero attached hydrogens (tertiary/aromatic N) is 2. The summed E-state index contributed by atoms with van der Waals surface area (Å²) in [6, 6.07) is 3.32. The number of carboxylic acid groups (broad SMARTS) is 1. The van der Waals surface area contributed by atoms with E-state index in [1.807, 2.05) is 0 Å². The maximum Gasteiger partial charge on any atom is 0.341 e. The molecule has 0 aliphatic heterocycles. The summed E-state index contributed by atoms with van der Waals surface area (Å²) in [7, 11) is 0. The van der Waals surface area contributed by atoms with Crippen molar-refractivity contribution >= 4 is 17.7 Å². The molecule has 0 atom stereocenters. The molecule has 2 heterocycles. The number of aromatic carboxylic acids is 1. The van der Waals surface area contributed by atoms with Crippen LogP contribution in [-0.2, 0) is 0 Å². The van der Waals surface area contributed by atoms with Gasteiger partial charge >= 0.3 is 5.97 Å². The fourth-order valence-electron chi connectivity index (χ4n) is 2.86. The SMILES string of the molecule is Nc1nc(NCC2CCCC2)c(C(=O)O)c(-c2ccco2)n1. The molecule has 1 aliphatic rings. The summed E-state index contributed by atoms with van der Waals surface area (Å²) < 4.78 is 5.26. The molecule has 0 unspecified atom stereocenters. The van der Waals surface area contributed by atoms with Crippen LogP contribution in [0.4, 0.5) is 11.8 Å². The van der Waals surface area contributed by atoms with Crippen molar-refractivity contribution in [1.29, 1.82) is 0 Å². The van der Waals surface area contributed by atoms with Gasteiger partial charge in [-0.1, -0.05) is 12.8 Å². The van der Waals surface area contributed by atoms with Gasteiger partial charge in [-0.05, 0) is 30.9 Å². The van der Waals surface area contributed by atoms with Crippen molar-refractivity contribution in [3.63, 3.8) is 0 Å². The summed E-state index contributed by atoms with van der Waals surface area (Å²) in [6.07, 6.45) is 6.22. The van der Waals surface area contributed by atoms with E-state index in [1.54, 1.807) is 12.1 Å². The van der Waals surface area contributed by atoms with E-state index in [-0.39, 0.29) is 23.0 Å². The Kier molecular flexibility index (Phi) is 3.95. The Balaban J connectivity index is 1.95. The van der Waals surface area contributed by atoms with Crippen molar-refractivity contribution in [2.75, 3.05) is 17.6 Å². The number of rotatable bonds is 5. The Morgan fingerprint density at radius 3 is 2.82 bits per heavy atom. The van der Waals surface area contributed by atoms with Crippen LogP contribution in [0.2, 0.25) is 0 Å². The van der Waals surface area contributed by atoms with Crippen LogP contribution in [0.3, 0.4) is 0 Å². The van der Waals surface area contributed by atoms with Crippen molar-refractivity contribution in [3.8, 4) is 11.5 Å². The molecule has 0 amide bonds. The number of aromatic nitrogens is 2. The lowest BCUT2D eigenvalue weighted by Crippen LogP contribution is -2.17. The molecule has 1 aliphatic carbocycles. The van der Waals surface area contributed by atoms with Crippen LogP contribution >= 0.6 is 0 Å². The van der Waals surface area contributed by atoms with Crippen molar-refractivity contribution in [1.82, 2.24) is 9.97 Å². The highest BCUT2D eigenvalue weighted by atomic mass is 16.4. The quantitative estimate of drug-likeness (QED) is 0.777. The number of nitrogens with one attached hydrogen (secondary N) is 1. The molecular weight excluding hydrogens is 284 g/mol. The molecule has 0 bridgehead atoms. The van der Waals surface area contributed by atoms with Crippen LogP contribution in [0.1, 0.15) is 36.0 Å². The van der Waals surface area contributed by atoms with Gasteiger partial charge in [-0.15, -0.1) is 0 Å². The molecule has 0 saturated heterocycles. The standard InChI is InChI=1S/C15H18N4O3/c16-15-18-12(10-6-3-7-22-10)11(14(20)21)13(19-15)17-8-9-4-1-2-5-9/h3,6-7,9H,1-2,4-5,8H2,(H,20,21)(H3,16,17,18,19). The Morgan fingerprint density at radius 2 is 2.18 bits per heavy atom. The van der Waals surface area contributed by atoms with Crippen molar-refractivity contribution in [2.24, 2.45) is 5.92 Å². The van der Waals surface area contributed by atoms with E-state index in [1.165, 1.54) is 19.1 Å². The van der Waals surface area contributed by atoms with Crippen molar-refractivity contribution in [3.05, 3.63) is 24.0 Å². The molecule has 2 aromatic heterocycles. The van der Waals surface area contributed by atoms with Crippen LogP contribution in [0.5, 0.6) is 0 Å². The number of carbonyl (C=O) groups is 1. The molecule has 1 saturated carbocycles. The summed E-state index contributed by atoms with van der Waals surface area (Å²) in [5, 5.41) is 12.7. The zero-order chi connectivity index (χ0) is 15.5. The second kappa shape index (κ2) is 6.05. The van der Waals surface area contributed by atoms with E-state index in [0.717, 1.165) is 12.8 Å². The molecular formula is C15H18N4O3. The lowest BCUT2D eigenvalue weighted by atomic mass is 10.1. The van der Waals surface area contributed by atoms with E-state index in [2.05, 4.69) is 15.3 Å². The number of carboxylic acids is 1. The molecule has 22 heavy (non-hydrogen) atoms. The van der Waals surface area contributed by atoms with Gasteiger partial charge in [0.1, 0.15) is 17.1 Å². The summed E-state index contributed by atoms with van der Waals surface area (Å²) in [5.74, 6) is 0.0595. The Labute approximate surface area is 127 Å². The van der Waals surface area contributed by atoms with Gasteiger partial charge in [0.05, 0.1) is 6.26 Å². The van der Waals surface area contributed by atoms with Gasteiger partial charge in [0.15, 0.2) is 5.76 Å². The number of anilines is 2. The summed E-state index contributed by atoms with van der Waals surface area (Å²) in [5.41, 5.74) is 5.90. The van der Waals surface area contributed by atoms with Crippen LogP contribution in [0.15, 0.2) is 22.8 Å². The lowest BCUT2D eigenvalue weighted by Gasteiger charge is -2.14. The fourth-order valence-corrected chi connectivity index (χ4v) is 2.86. The molecule has 7 heteroatoms. The first-order valence-corrected chi connectivity index (χ1v) is 7.33. The largest absolute Gasteiger partial charge is 0.477 e. The second-order valence-corrected chi connectivity index (χ2v) is 5.47. The van der Waals surface area contributed by atoms with Crippen LogP contribution < -0.4 is 11.1 Å². The average Bonchev–Trinajstić information content (AvgIpc) is 3.17. The van der Waals surface area contributed by atoms with E-state index in [4.69, 9.17) is 10.2 Å². The first-order valence-electron chi connectivity index (χ1n) is 7.33. The normalized spacial score (nSPS) is 15.1. The monoisotopic (exact) mass is 302 g/mol. The topological polar surface area (TPSA) is 114 Å². The highest BCUT2D eigenvalue weighted by Crippen LogP contribution is 2.29. The second-order valence-electron chi connectivity index (χ2n) is 5.47. The molecule has 1 fully saturated rings. The predicted octanol–water partition coefficient (Wildman–Crippen LogP) is 2.62. The van der Waals surface area contributed by atoms with E-state index < -0.39 is 5.97 Å². The van der Waals surface area contributed by atoms with Gasteiger partial charge in [-0.2, -0.15) is 4.98 Å². The van der Waals surface area contributed by atoms with Gasteiger partial charge in [0.2, 0.25) is 5.95 Å². The van der Waals surface area contributed by atoms with Gasteiger partial charge < -0.3 is 20.6 Å². The number of hydrogen-bond acceptors (Lipinski definition) is 6. The smallest absolute Gasteiger partial charge is 0.341 e. The van der Waals surface area contributed by atoms with E-state index >= 15 is 0 Å². The minimum absolute atomic E-state index is 0.0119. The molecule has 0 aromatic carbocycles. The average molecular weight is 302 g/mol. The Hall–Kier alpha value is -2.57. The minimum Gasteiger partial charge on any atom is -0.477 e. The number of furan rings is 1. The number of nitrogen functional groups attached to an aromatic ring is 1. The summed E-state index contributed by atoms with van der Waals surface area (Å²) in [6.45, 7) is 0.689. The maximum atomic E-state index is 11.6. The highest BCUT2D eigenvalue weighted by molar-refractivity contribution is 5.99. The number of nitrogens with two attached hydrogens (primary N) is 1. The maximum absolute atomic E-state index is 11.6. The zero-order valence-electron chi connectivity index (χ0n) is 12.1.